The first-order valence-corrected chi connectivity index (χ1v) is 17.4. The van der Waals surface area contributed by atoms with Crippen LogP contribution in [0.15, 0.2) is 12.7 Å². The summed E-state index contributed by atoms with van der Waals surface area (Å²) in [6.07, 6.45) is 15.5. The molecule has 0 bridgehead atoms. The number of hydrogen-bond donors (Lipinski definition) is 2. The standard InChI is InChI=1S/C29H51F3N5O4P/c1-25(21-37-23-36-26-27(33)34-22-35-28(26)37)40-24-42(38,39)41-20-18-16-14-12-10-8-6-4-2-3-5-7-9-11-13-15-17-19-29(30,31)32/h22-23,25H,2-21,24H2,1H3,(H,38,39)(H2,33,34,35)/t25-/m1/s1. The lowest BCUT2D eigenvalue weighted by molar-refractivity contribution is -0.135. The number of hydrogen-bond acceptors (Lipinski definition) is 7. The first-order chi connectivity index (χ1) is 20.1. The average Bonchev–Trinajstić information content (AvgIpc) is 3.34. The van der Waals surface area contributed by atoms with Gasteiger partial charge in [-0.3, -0.25) is 4.57 Å². The Hall–Kier alpha value is -1.75. The molecule has 0 aliphatic rings. The smallest absolute Gasteiger partial charge is 0.382 e. The van der Waals surface area contributed by atoms with Crippen LogP contribution in [-0.4, -0.2) is 49.6 Å². The van der Waals surface area contributed by atoms with Gasteiger partial charge in [-0.1, -0.05) is 96.3 Å². The molecule has 2 aromatic rings. The summed E-state index contributed by atoms with van der Waals surface area (Å²) in [5.74, 6) is 0.301. The first kappa shape index (κ1) is 36.4. The average molecular weight is 622 g/mol. The fraction of sp³-hybridized carbons (Fsp3) is 0.828. The molecule has 0 saturated carbocycles. The van der Waals surface area contributed by atoms with Gasteiger partial charge in [0.05, 0.1) is 25.6 Å². The number of imidazole rings is 1. The molecule has 0 amide bonds. The van der Waals surface area contributed by atoms with E-state index in [1.54, 1.807) is 17.8 Å². The zero-order chi connectivity index (χ0) is 30.7. The largest absolute Gasteiger partial charge is 0.389 e. The molecule has 2 atom stereocenters. The Kier molecular flexibility index (Phi) is 17.6. The summed E-state index contributed by atoms with van der Waals surface area (Å²) in [6.45, 7) is 2.44. The molecule has 13 heteroatoms. The van der Waals surface area contributed by atoms with Crippen LogP contribution in [0.1, 0.15) is 122 Å². The van der Waals surface area contributed by atoms with Crippen LogP contribution in [0.3, 0.4) is 0 Å². The highest BCUT2D eigenvalue weighted by atomic mass is 31.2. The van der Waals surface area contributed by atoms with Crippen molar-refractivity contribution in [2.24, 2.45) is 0 Å². The first-order valence-electron chi connectivity index (χ1n) is 15.6. The van der Waals surface area contributed by atoms with Crippen LogP contribution in [0.4, 0.5) is 19.0 Å². The van der Waals surface area contributed by atoms with E-state index in [4.69, 9.17) is 15.0 Å². The van der Waals surface area contributed by atoms with E-state index < -0.39 is 20.2 Å². The number of alkyl halides is 3. The Balaban J connectivity index is 1.35. The number of ether oxygens (including phenoxy) is 1. The van der Waals surface area contributed by atoms with Gasteiger partial charge in [0.1, 0.15) is 18.2 Å². The highest BCUT2D eigenvalue weighted by Gasteiger charge is 2.25. The van der Waals surface area contributed by atoms with Gasteiger partial charge in [-0.15, -0.1) is 0 Å². The van der Waals surface area contributed by atoms with Gasteiger partial charge in [-0.2, -0.15) is 13.2 Å². The molecule has 42 heavy (non-hydrogen) atoms. The Labute approximate surface area is 248 Å². The summed E-state index contributed by atoms with van der Waals surface area (Å²) in [4.78, 5) is 22.4. The SMILES string of the molecule is C[C@H](Cn1cnc2c(N)ncnc21)OCP(=O)(O)OCCCCCCCCCCCCCCCCCCCC(F)(F)F. The molecule has 0 aromatic carbocycles. The van der Waals surface area contributed by atoms with Gasteiger partial charge in [0.15, 0.2) is 11.5 Å². The minimum Gasteiger partial charge on any atom is -0.382 e. The molecule has 9 nitrogen and oxygen atoms in total. The van der Waals surface area contributed by atoms with Crippen molar-refractivity contribution < 1.29 is 31.9 Å². The monoisotopic (exact) mass is 621 g/mol. The molecule has 2 aromatic heterocycles. The molecule has 0 fully saturated rings. The lowest BCUT2D eigenvalue weighted by Crippen LogP contribution is -2.17. The third-order valence-corrected chi connectivity index (χ3v) is 8.36. The maximum Gasteiger partial charge on any atom is 0.389 e. The van der Waals surface area contributed by atoms with Crippen LogP contribution in [0.5, 0.6) is 0 Å². The number of fused-ring (bicyclic) bond motifs is 1. The minimum absolute atomic E-state index is 0.242. The highest BCUT2D eigenvalue weighted by Crippen LogP contribution is 2.42. The topological polar surface area (TPSA) is 125 Å². The van der Waals surface area contributed by atoms with Gasteiger partial charge in [0.25, 0.3) is 0 Å². The summed E-state index contributed by atoms with van der Waals surface area (Å²) in [6, 6.07) is 0. The number of nitrogens with two attached hydrogens (primary N) is 1. The molecule has 0 saturated heterocycles. The molecule has 0 radical (unpaired) electrons. The predicted octanol–water partition coefficient (Wildman–Crippen LogP) is 8.56. The number of nitrogens with zero attached hydrogens (tertiary/aromatic N) is 4. The Morgan fingerprint density at radius 1 is 0.857 bits per heavy atom. The molecule has 2 heterocycles. The van der Waals surface area contributed by atoms with Crippen molar-refractivity contribution in [3.05, 3.63) is 12.7 Å². The van der Waals surface area contributed by atoms with E-state index in [1.165, 1.54) is 64.1 Å². The van der Waals surface area contributed by atoms with E-state index in [9.17, 15) is 22.6 Å². The molecule has 0 aliphatic heterocycles. The Bertz CT molecular complexity index is 1040. The van der Waals surface area contributed by atoms with Crippen LogP contribution in [0.2, 0.25) is 0 Å². The van der Waals surface area contributed by atoms with Crippen molar-refractivity contribution in [1.82, 2.24) is 19.5 Å². The van der Waals surface area contributed by atoms with Crippen LogP contribution >= 0.6 is 7.60 Å². The van der Waals surface area contributed by atoms with Gasteiger partial charge in [0, 0.05) is 6.42 Å². The number of anilines is 1. The number of aromatic nitrogens is 4. The van der Waals surface area contributed by atoms with Gasteiger partial charge in [0.2, 0.25) is 0 Å². The van der Waals surface area contributed by atoms with Crippen molar-refractivity contribution >= 4 is 24.6 Å². The Morgan fingerprint density at radius 2 is 1.36 bits per heavy atom. The summed E-state index contributed by atoms with van der Waals surface area (Å²) >= 11 is 0. The van der Waals surface area contributed by atoms with E-state index in [-0.39, 0.29) is 25.5 Å². The van der Waals surface area contributed by atoms with Crippen molar-refractivity contribution in [2.75, 3.05) is 18.7 Å². The van der Waals surface area contributed by atoms with Crippen LogP contribution < -0.4 is 5.73 Å². The molecule has 2 rings (SSSR count). The molecule has 0 spiro atoms. The molecule has 3 N–H and O–H groups in total. The van der Waals surface area contributed by atoms with Crippen molar-refractivity contribution in [3.8, 4) is 0 Å². The maximum atomic E-state index is 12.3. The number of rotatable bonds is 25. The fourth-order valence-corrected chi connectivity index (χ4v) is 5.84. The van der Waals surface area contributed by atoms with Crippen LogP contribution in [0.25, 0.3) is 11.2 Å². The van der Waals surface area contributed by atoms with Crippen LogP contribution in [0, 0.1) is 0 Å². The second kappa shape index (κ2) is 20.3. The zero-order valence-electron chi connectivity index (χ0n) is 25.2. The van der Waals surface area contributed by atoms with Crippen molar-refractivity contribution in [2.45, 2.75) is 141 Å². The third kappa shape index (κ3) is 16.8. The van der Waals surface area contributed by atoms with E-state index >= 15 is 0 Å². The number of unbranched alkanes of at least 4 members (excludes halogenated alkanes) is 16. The van der Waals surface area contributed by atoms with Gasteiger partial charge in [-0.25, -0.2) is 15.0 Å². The molecule has 1 unspecified atom stereocenters. The van der Waals surface area contributed by atoms with Gasteiger partial charge in [-0.05, 0) is 19.8 Å². The molecule has 0 aliphatic carbocycles. The number of nitrogen functional groups attached to an aromatic ring is 1. The molecular formula is C29H51F3N5O4P. The lowest BCUT2D eigenvalue weighted by Gasteiger charge is -2.17. The summed E-state index contributed by atoms with van der Waals surface area (Å²) in [5.41, 5.74) is 6.90. The Morgan fingerprint density at radius 3 is 1.88 bits per heavy atom. The van der Waals surface area contributed by atoms with E-state index in [0.717, 1.165) is 38.5 Å². The van der Waals surface area contributed by atoms with Gasteiger partial charge >= 0.3 is 13.8 Å². The van der Waals surface area contributed by atoms with E-state index in [1.807, 2.05) is 0 Å². The zero-order valence-corrected chi connectivity index (χ0v) is 26.1. The molecular weight excluding hydrogens is 570 g/mol. The summed E-state index contributed by atoms with van der Waals surface area (Å²) < 4.78 is 61.1. The second-order valence-electron chi connectivity index (χ2n) is 11.3. The third-order valence-electron chi connectivity index (χ3n) is 7.30. The second-order valence-corrected chi connectivity index (χ2v) is 13.1. The predicted molar refractivity (Wildman–Crippen MR) is 160 cm³/mol. The van der Waals surface area contributed by atoms with Gasteiger partial charge < -0.3 is 24.5 Å². The quantitative estimate of drug-likeness (QED) is 0.0834. The minimum atomic E-state index is -4.00. The van der Waals surface area contributed by atoms with Crippen molar-refractivity contribution in [3.63, 3.8) is 0 Å². The van der Waals surface area contributed by atoms with Crippen molar-refractivity contribution in [1.29, 1.82) is 0 Å². The summed E-state index contributed by atoms with van der Waals surface area (Å²) in [7, 11) is -3.82. The number of halogens is 3. The van der Waals surface area contributed by atoms with E-state index in [2.05, 4.69) is 15.0 Å². The maximum absolute atomic E-state index is 12.3. The summed E-state index contributed by atoms with van der Waals surface area (Å²) in [5, 5.41) is 0. The highest BCUT2D eigenvalue weighted by molar-refractivity contribution is 7.52. The normalized spacial score (nSPS) is 14.4. The lowest BCUT2D eigenvalue weighted by atomic mass is 10.0. The van der Waals surface area contributed by atoms with E-state index in [0.29, 0.717) is 29.9 Å². The fourth-order valence-electron chi connectivity index (χ4n) is 4.91. The van der Waals surface area contributed by atoms with Crippen LogP contribution in [-0.2, 0) is 20.4 Å². The molecule has 242 valence electrons.